The Kier molecular flexibility index (Phi) is 6.35. The Morgan fingerprint density at radius 1 is 1.15 bits per heavy atom. The zero-order valence-corrected chi connectivity index (χ0v) is 19.2. The molecule has 0 fully saturated rings. The molecule has 1 aromatic carbocycles. The van der Waals surface area contributed by atoms with E-state index in [2.05, 4.69) is 10.6 Å². The van der Waals surface area contributed by atoms with Crippen molar-refractivity contribution in [2.45, 2.75) is 13.0 Å². The predicted molar refractivity (Wildman–Crippen MR) is 128 cm³/mol. The molecule has 1 aliphatic rings. The molecule has 4 rings (SSSR count). The summed E-state index contributed by atoms with van der Waals surface area (Å²) in [5, 5.41) is 17.2. The highest BCUT2D eigenvalue weighted by Crippen LogP contribution is 2.38. The average Bonchev–Trinajstić information content (AvgIpc) is 3.39. The van der Waals surface area contributed by atoms with E-state index in [0.717, 1.165) is 21.8 Å². The maximum atomic E-state index is 13.1. The number of anilines is 2. The van der Waals surface area contributed by atoms with Gasteiger partial charge in [-0.3, -0.25) is 19.7 Å². The van der Waals surface area contributed by atoms with E-state index >= 15 is 0 Å². The summed E-state index contributed by atoms with van der Waals surface area (Å²) in [7, 11) is 0. The molecule has 4 N–H and O–H groups in total. The molecule has 0 bridgehead atoms. The summed E-state index contributed by atoms with van der Waals surface area (Å²) in [5.41, 5.74) is 7.24. The van der Waals surface area contributed by atoms with Crippen LogP contribution in [-0.4, -0.2) is 33.3 Å². The van der Waals surface area contributed by atoms with Crippen LogP contribution >= 0.6 is 34.9 Å². The highest BCUT2D eigenvalue weighted by Gasteiger charge is 2.29. The second kappa shape index (κ2) is 9.21. The summed E-state index contributed by atoms with van der Waals surface area (Å²) in [4.78, 5) is 37.9. The number of halogens is 1. The highest BCUT2D eigenvalue weighted by atomic mass is 32.1. The molecule has 0 unspecified atom stereocenters. The van der Waals surface area contributed by atoms with Crippen LogP contribution in [0.15, 0.2) is 36.4 Å². The van der Waals surface area contributed by atoms with Gasteiger partial charge in [0.05, 0.1) is 21.9 Å². The van der Waals surface area contributed by atoms with Crippen LogP contribution in [0, 0.1) is 15.9 Å². The van der Waals surface area contributed by atoms with Crippen LogP contribution in [0.5, 0.6) is 0 Å². The van der Waals surface area contributed by atoms with Crippen LogP contribution < -0.4 is 16.4 Å². The van der Waals surface area contributed by atoms with Gasteiger partial charge < -0.3 is 21.3 Å². The lowest BCUT2D eigenvalue weighted by molar-refractivity contribution is -0.380. The molecule has 33 heavy (non-hydrogen) atoms. The zero-order chi connectivity index (χ0) is 23.7. The van der Waals surface area contributed by atoms with E-state index in [4.69, 9.17) is 18.0 Å². The van der Waals surface area contributed by atoms with Gasteiger partial charge >= 0.3 is 5.00 Å². The Bertz CT molecular complexity index is 1270. The molecule has 0 atom stereocenters. The number of carbonyl (C=O) groups is 2. The van der Waals surface area contributed by atoms with Crippen molar-refractivity contribution in [2.75, 3.05) is 17.2 Å². The number of primary amides is 1. The number of hydrogen-bond donors (Lipinski definition) is 3. The van der Waals surface area contributed by atoms with Crippen LogP contribution in [0.3, 0.4) is 0 Å². The van der Waals surface area contributed by atoms with Crippen LogP contribution in [0.25, 0.3) is 0 Å². The molecule has 1 aliphatic heterocycles. The standard InChI is InChI=1S/C20H16FN5O4S3/c21-10-1-3-11(4-2-10)23-20(31)25-8-7-12-14(9-25)33-19(16(12)17(22)27)24-18(28)13-5-6-15(32-13)26(29)30/h1-6H,7-9H2,(H2,22,27)(H,23,31)(H,24,28). The van der Waals surface area contributed by atoms with Gasteiger partial charge in [0, 0.05) is 23.2 Å². The summed E-state index contributed by atoms with van der Waals surface area (Å²) in [5.74, 6) is -1.57. The van der Waals surface area contributed by atoms with Gasteiger partial charge in [-0.25, -0.2) is 4.39 Å². The normalized spacial score (nSPS) is 12.7. The van der Waals surface area contributed by atoms with Gasteiger partial charge in [-0.05, 0) is 54.5 Å². The number of nitro groups is 1. The molecular formula is C20H16FN5O4S3. The lowest BCUT2D eigenvalue weighted by atomic mass is 10.0. The number of hydrogen-bond acceptors (Lipinski definition) is 7. The third-order valence-electron chi connectivity index (χ3n) is 4.91. The molecule has 0 spiro atoms. The lowest BCUT2D eigenvalue weighted by Gasteiger charge is -2.29. The Balaban J connectivity index is 1.52. The first-order chi connectivity index (χ1) is 15.7. The first-order valence-corrected chi connectivity index (χ1v) is 11.6. The zero-order valence-electron chi connectivity index (χ0n) is 16.8. The third kappa shape index (κ3) is 4.84. The molecule has 170 valence electrons. The molecule has 13 heteroatoms. The van der Waals surface area contributed by atoms with Crippen LogP contribution in [0.2, 0.25) is 0 Å². The van der Waals surface area contributed by atoms with E-state index in [9.17, 15) is 24.1 Å². The highest BCUT2D eigenvalue weighted by molar-refractivity contribution is 7.80. The first-order valence-electron chi connectivity index (χ1n) is 9.54. The van der Waals surface area contributed by atoms with Crippen molar-refractivity contribution in [3.63, 3.8) is 0 Å². The van der Waals surface area contributed by atoms with Crippen molar-refractivity contribution in [3.8, 4) is 0 Å². The summed E-state index contributed by atoms with van der Waals surface area (Å²) in [6.07, 6.45) is 0.482. The maximum absolute atomic E-state index is 13.1. The minimum absolute atomic E-state index is 0.148. The smallest absolute Gasteiger partial charge is 0.324 e. The lowest BCUT2D eigenvalue weighted by Crippen LogP contribution is -2.38. The largest absolute Gasteiger partial charge is 0.365 e. The van der Waals surface area contributed by atoms with Crippen molar-refractivity contribution in [2.24, 2.45) is 5.73 Å². The van der Waals surface area contributed by atoms with Gasteiger partial charge in [-0.1, -0.05) is 11.3 Å². The maximum Gasteiger partial charge on any atom is 0.324 e. The minimum Gasteiger partial charge on any atom is -0.365 e. The number of thiocarbonyl (C=S) groups is 1. The van der Waals surface area contributed by atoms with Crippen molar-refractivity contribution < 1.29 is 18.9 Å². The van der Waals surface area contributed by atoms with Gasteiger partial charge in [0.1, 0.15) is 10.8 Å². The second-order valence-electron chi connectivity index (χ2n) is 7.03. The van der Waals surface area contributed by atoms with E-state index in [1.165, 1.54) is 35.6 Å². The number of nitrogens with zero attached hydrogens (tertiary/aromatic N) is 2. The molecule has 3 heterocycles. The fourth-order valence-electron chi connectivity index (χ4n) is 3.37. The number of rotatable bonds is 5. The molecular weight excluding hydrogens is 489 g/mol. The Morgan fingerprint density at radius 3 is 2.52 bits per heavy atom. The average molecular weight is 506 g/mol. The summed E-state index contributed by atoms with van der Waals surface area (Å²) in [6.45, 7) is 0.912. The fraction of sp³-hybridized carbons (Fsp3) is 0.150. The first kappa shape index (κ1) is 22.8. The van der Waals surface area contributed by atoms with Gasteiger partial charge in [-0.15, -0.1) is 11.3 Å². The Morgan fingerprint density at radius 2 is 1.88 bits per heavy atom. The number of nitrogens with two attached hydrogens (primary N) is 1. The van der Waals surface area contributed by atoms with Crippen molar-refractivity contribution in [3.05, 3.63) is 73.2 Å². The number of thiophene rings is 2. The fourth-order valence-corrected chi connectivity index (χ4v) is 5.63. The van der Waals surface area contributed by atoms with E-state index in [-0.39, 0.29) is 21.3 Å². The topological polar surface area (TPSA) is 131 Å². The molecule has 0 saturated carbocycles. The molecule has 0 radical (unpaired) electrons. The minimum atomic E-state index is -0.666. The SMILES string of the molecule is NC(=O)c1c(NC(=O)c2ccc([N+](=O)[O-])s2)sc2c1CCN(C(=S)Nc1ccc(F)cc1)C2. The molecule has 2 aromatic heterocycles. The van der Waals surface area contributed by atoms with Gasteiger partial charge in [0.2, 0.25) is 0 Å². The number of carbonyl (C=O) groups excluding carboxylic acids is 2. The Labute approximate surface area is 200 Å². The molecule has 0 saturated heterocycles. The second-order valence-corrected chi connectivity index (χ2v) is 9.58. The predicted octanol–water partition coefficient (Wildman–Crippen LogP) is 3.96. The van der Waals surface area contributed by atoms with Gasteiger partial charge in [0.25, 0.3) is 11.8 Å². The molecule has 3 aromatic rings. The van der Waals surface area contributed by atoms with Crippen LogP contribution in [0.4, 0.5) is 20.1 Å². The number of amides is 2. The molecule has 0 aliphatic carbocycles. The Hall–Kier alpha value is -3.42. The number of benzene rings is 1. The van der Waals surface area contributed by atoms with Crippen molar-refractivity contribution >= 4 is 67.5 Å². The third-order valence-corrected chi connectivity index (χ3v) is 7.44. The summed E-state index contributed by atoms with van der Waals surface area (Å²) >= 11 is 7.44. The van der Waals surface area contributed by atoms with E-state index in [0.29, 0.717) is 35.3 Å². The van der Waals surface area contributed by atoms with E-state index < -0.39 is 16.7 Å². The number of nitrogens with one attached hydrogen (secondary N) is 2. The van der Waals surface area contributed by atoms with Crippen molar-refractivity contribution in [1.82, 2.24) is 4.90 Å². The van der Waals surface area contributed by atoms with Crippen LogP contribution in [-0.2, 0) is 13.0 Å². The molecule has 2 amide bonds. The molecule has 9 nitrogen and oxygen atoms in total. The monoisotopic (exact) mass is 505 g/mol. The summed E-state index contributed by atoms with van der Waals surface area (Å²) in [6, 6.07) is 8.42. The number of fused-ring (bicyclic) bond motifs is 1. The van der Waals surface area contributed by atoms with Crippen molar-refractivity contribution in [1.29, 1.82) is 0 Å². The van der Waals surface area contributed by atoms with E-state index in [1.54, 1.807) is 12.1 Å². The van der Waals surface area contributed by atoms with E-state index in [1.807, 2.05) is 4.90 Å². The quantitative estimate of drug-likeness (QED) is 0.272. The van der Waals surface area contributed by atoms with Gasteiger partial charge in [0.15, 0.2) is 5.11 Å². The van der Waals surface area contributed by atoms with Gasteiger partial charge in [-0.2, -0.15) is 0 Å². The summed E-state index contributed by atoms with van der Waals surface area (Å²) < 4.78 is 13.1. The van der Waals surface area contributed by atoms with Crippen LogP contribution in [0.1, 0.15) is 30.5 Å².